The van der Waals surface area contributed by atoms with Crippen LogP contribution >= 0.6 is 0 Å². The summed E-state index contributed by atoms with van der Waals surface area (Å²) < 4.78 is 6.43. The minimum atomic E-state index is 0.0164. The van der Waals surface area contributed by atoms with Crippen molar-refractivity contribution in [3.63, 3.8) is 0 Å². The molecule has 2 aromatic carbocycles. The Morgan fingerprint density at radius 3 is 2.50 bits per heavy atom. The topological polar surface area (TPSA) is 41.5 Å². The number of aliphatic hydroxyl groups is 1. The van der Waals surface area contributed by atoms with E-state index in [1.54, 1.807) is 0 Å². The molecule has 2 aromatic rings. The lowest BCUT2D eigenvalue weighted by Gasteiger charge is -2.40. The lowest BCUT2D eigenvalue weighted by atomic mass is 9.86. The molecule has 1 saturated carbocycles. The van der Waals surface area contributed by atoms with E-state index >= 15 is 0 Å². The third-order valence-electron chi connectivity index (χ3n) is 5.54. The van der Waals surface area contributed by atoms with Gasteiger partial charge in [-0.1, -0.05) is 42.5 Å². The number of hydrogen-bond donors (Lipinski definition) is 2. The molecular formula is C21H25NO2. The molecule has 0 aromatic heterocycles. The molecule has 1 atom stereocenters. The molecule has 2 N–H and O–H groups in total. The van der Waals surface area contributed by atoms with E-state index in [9.17, 15) is 5.11 Å². The van der Waals surface area contributed by atoms with Crippen LogP contribution in [0.5, 0.6) is 5.75 Å². The first kappa shape index (κ1) is 15.7. The molecular weight excluding hydrogens is 298 g/mol. The molecule has 1 heterocycles. The lowest BCUT2D eigenvalue weighted by molar-refractivity contribution is 0.0364. The van der Waals surface area contributed by atoms with E-state index < -0.39 is 0 Å². The van der Waals surface area contributed by atoms with E-state index in [1.165, 1.54) is 24.0 Å². The van der Waals surface area contributed by atoms with Crippen molar-refractivity contribution in [1.82, 2.24) is 5.32 Å². The van der Waals surface area contributed by atoms with Crippen LogP contribution in [-0.2, 0) is 13.2 Å². The second-order valence-electron chi connectivity index (χ2n) is 7.09. The SMILES string of the molecule is OCc1ccccc1CNC1CC2(CCCC2)Oc2ccccc21. The quantitative estimate of drug-likeness (QED) is 0.890. The van der Waals surface area contributed by atoms with Gasteiger partial charge in [-0.15, -0.1) is 0 Å². The van der Waals surface area contributed by atoms with Crippen molar-refractivity contribution in [2.24, 2.45) is 0 Å². The number of benzene rings is 2. The van der Waals surface area contributed by atoms with Gasteiger partial charge in [-0.25, -0.2) is 0 Å². The van der Waals surface area contributed by atoms with Gasteiger partial charge in [0.05, 0.1) is 6.61 Å². The number of rotatable bonds is 4. The summed E-state index contributed by atoms with van der Waals surface area (Å²) in [7, 11) is 0. The highest BCUT2D eigenvalue weighted by Gasteiger charge is 2.42. The molecule has 4 rings (SSSR count). The van der Waals surface area contributed by atoms with Crippen LogP contribution in [0.1, 0.15) is 54.8 Å². The highest BCUT2D eigenvalue weighted by molar-refractivity contribution is 5.39. The van der Waals surface area contributed by atoms with Gasteiger partial charge >= 0.3 is 0 Å². The smallest absolute Gasteiger partial charge is 0.124 e. The van der Waals surface area contributed by atoms with E-state index in [0.717, 1.165) is 37.1 Å². The first-order valence-electron chi connectivity index (χ1n) is 8.99. The highest BCUT2D eigenvalue weighted by Crippen LogP contribution is 2.47. The Kier molecular flexibility index (Phi) is 4.30. The number of ether oxygens (including phenoxy) is 1. The molecule has 0 amide bonds. The third kappa shape index (κ3) is 2.94. The molecule has 24 heavy (non-hydrogen) atoms. The summed E-state index contributed by atoms with van der Waals surface area (Å²) in [5.41, 5.74) is 3.45. The number of fused-ring (bicyclic) bond motifs is 1. The summed E-state index contributed by atoms with van der Waals surface area (Å²) in [6.45, 7) is 0.859. The van der Waals surface area contributed by atoms with Crippen LogP contribution in [0.4, 0.5) is 0 Å². The molecule has 0 radical (unpaired) electrons. The lowest BCUT2D eigenvalue weighted by Crippen LogP contribution is -2.42. The minimum absolute atomic E-state index is 0.0164. The van der Waals surface area contributed by atoms with Gasteiger partial charge in [0.1, 0.15) is 11.4 Å². The van der Waals surface area contributed by atoms with Crippen molar-refractivity contribution in [2.45, 2.75) is 56.9 Å². The fraction of sp³-hybridized carbons (Fsp3) is 0.429. The minimum Gasteiger partial charge on any atom is -0.487 e. The van der Waals surface area contributed by atoms with E-state index in [-0.39, 0.29) is 12.2 Å². The Morgan fingerprint density at radius 2 is 1.71 bits per heavy atom. The summed E-state index contributed by atoms with van der Waals surface area (Å²) >= 11 is 0. The summed E-state index contributed by atoms with van der Waals surface area (Å²) in [6.07, 6.45) is 5.88. The van der Waals surface area contributed by atoms with Crippen LogP contribution < -0.4 is 10.1 Å². The maximum absolute atomic E-state index is 9.53. The van der Waals surface area contributed by atoms with Gasteiger partial charge in [-0.05, 0) is 42.9 Å². The van der Waals surface area contributed by atoms with Gasteiger partial charge in [0.25, 0.3) is 0 Å². The van der Waals surface area contributed by atoms with E-state index in [0.29, 0.717) is 6.04 Å². The summed E-state index contributed by atoms with van der Waals surface area (Å²) in [5, 5.41) is 13.3. The number of aliphatic hydroxyl groups excluding tert-OH is 1. The Balaban J connectivity index is 1.57. The maximum Gasteiger partial charge on any atom is 0.124 e. The average Bonchev–Trinajstić information content (AvgIpc) is 3.07. The highest BCUT2D eigenvalue weighted by atomic mass is 16.5. The van der Waals surface area contributed by atoms with Crippen molar-refractivity contribution in [3.05, 3.63) is 65.2 Å². The molecule has 2 aliphatic rings. The fourth-order valence-electron chi connectivity index (χ4n) is 4.24. The average molecular weight is 323 g/mol. The monoisotopic (exact) mass is 323 g/mol. The van der Waals surface area contributed by atoms with Crippen LogP contribution in [-0.4, -0.2) is 10.7 Å². The van der Waals surface area contributed by atoms with Crippen molar-refractivity contribution >= 4 is 0 Å². The Hall–Kier alpha value is -1.84. The first-order valence-corrected chi connectivity index (χ1v) is 8.99. The van der Waals surface area contributed by atoms with Gasteiger partial charge in [-0.3, -0.25) is 0 Å². The van der Waals surface area contributed by atoms with E-state index in [4.69, 9.17) is 4.74 Å². The van der Waals surface area contributed by atoms with Crippen molar-refractivity contribution in [3.8, 4) is 5.75 Å². The predicted molar refractivity (Wildman–Crippen MR) is 94.8 cm³/mol. The first-order chi connectivity index (χ1) is 11.8. The summed E-state index contributed by atoms with van der Waals surface area (Å²) in [5.74, 6) is 1.04. The molecule has 1 aliphatic carbocycles. The molecule has 1 aliphatic heterocycles. The predicted octanol–water partition coefficient (Wildman–Crippen LogP) is 4.11. The second kappa shape index (κ2) is 6.58. The number of hydrogen-bond acceptors (Lipinski definition) is 3. The number of para-hydroxylation sites is 1. The van der Waals surface area contributed by atoms with Gasteiger partial charge < -0.3 is 15.2 Å². The molecule has 3 nitrogen and oxygen atoms in total. The largest absolute Gasteiger partial charge is 0.487 e. The number of nitrogens with one attached hydrogen (secondary N) is 1. The van der Waals surface area contributed by atoms with Crippen molar-refractivity contribution < 1.29 is 9.84 Å². The fourth-order valence-corrected chi connectivity index (χ4v) is 4.24. The van der Waals surface area contributed by atoms with Gasteiger partial charge in [0, 0.05) is 24.6 Å². The molecule has 0 saturated heterocycles. The summed E-state index contributed by atoms with van der Waals surface area (Å²) in [6, 6.07) is 16.8. The Bertz CT molecular complexity index is 706. The standard InChI is InChI=1S/C21H25NO2/c23-15-17-8-2-1-7-16(17)14-22-19-13-21(11-5-6-12-21)24-20-10-4-3-9-18(19)20/h1-4,7-10,19,22-23H,5-6,11-15H2. The van der Waals surface area contributed by atoms with Crippen LogP contribution in [0.3, 0.4) is 0 Å². The summed E-state index contributed by atoms with van der Waals surface area (Å²) in [4.78, 5) is 0. The van der Waals surface area contributed by atoms with Crippen molar-refractivity contribution in [2.75, 3.05) is 0 Å². The van der Waals surface area contributed by atoms with Gasteiger partial charge in [0.2, 0.25) is 0 Å². The van der Waals surface area contributed by atoms with Crippen LogP contribution in [0.15, 0.2) is 48.5 Å². The zero-order valence-corrected chi connectivity index (χ0v) is 14.0. The zero-order valence-electron chi connectivity index (χ0n) is 14.0. The molecule has 3 heteroatoms. The molecule has 0 bridgehead atoms. The Morgan fingerprint density at radius 1 is 1.00 bits per heavy atom. The maximum atomic E-state index is 9.53. The van der Waals surface area contributed by atoms with Crippen molar-refractivity contribution in [1.29, 1.82) is 0 Å². The van der Waals surface area contributed by atoms with Crippen LogP contribution in [0, 0.1) is 0 Å². The second-order valence-corrected chi connectivity index (χ2v) is 7.09. The van der Waals surface area contributed by atoms with E-state index in [1.807, 2.05) is 18.2 Å². The van der Waals surface area contributed by atoms with E-state index in [2.05, 4.69) is 35.6 Å². The van der Waals surface area contributed by atoms with Gasteiger partial charge in [-0.2, -0.15) is 0 Å². The third-order valence-corrected chi connectivity index (χ3v) is 5.54. The van der Waals surface area contributed by atoms with Crippen LogP contribution in [0.25, 0.3) is 0 Å². The normalized spacial score (nSPS) is 21.5. The Labute approximate surface area is 143 Å². The zero-order chi connectivity index (χ0) is 16.4. The molecule has 1 fully saturated rings. The molecule has 1 unspecified atom stereocenters. The van der Waals surface area contributed by atoms with Crippen LogP contribution in [0.2, 0.25) is 0 Å². The molecule has 126 valence electrons. The molecule has 1 spiro atoms. The van der Waals surface area contributed by atoms with Gasteiger partial charge in [0.15, 0.2) is 0 Å².